The molecule has 1 aromatic heterocycles. The quantitative estimate of drug-likeness (QED) is 0.771. The van der Waals surface area contributed by atoms with Crippen LogP contribution in [0.25, 0.3) is 11.0 Å². The van der Waals surface area contributed by atoms with E-state index >= 15 is 0 Å². The zero-order valence-electron chi connectivity index (χ0n) is 11.5. The highest BCUT2D eigenvalue weighted by atomic mass is 35.5. The molecule has 3 nitrogen and oxygen atoms in total. The van der Waals surface area contributed by atoms with Gasteiger partial charge in [-0.3, -0.25) is 0 Å². The Labute approximate surface area is 127 Å². The normalized spacial score (nSPS) is 14.2. The molecule has 0 saturated heterocycles. The molecule has 0 radical (unpaired) electrons. The predicted octanol–water partition coefficient (Wildman–Crippen LogP) is 4.51. The van der Waals surface area contributed by atoms with Gasteiger partial charge < -0.3 is 14.3 Å². The van der Waals surface area contributed by atoms with Gasteiger partial charge in [0.25, 0.3) is 0 Å². The van der Waals surface area contributed by atoms with Gasteiger partial charge in [0.1, 0.15) is 18.0 Å². The van der Waals surface area contributed by atoms with Crippen molar-refractivity contribution in [2.24, 2.45) is 0 Å². The van der Waals surface area contributed by atoms with Crippen molar-refractivity contribution in [1.82, 2.24) is 0 Å². The number of fused-ring (bicyclic) bond motifs is 1. The van der Waals surface area contributed by atoms with E-state index in [1.54, 1.807) is 19.2 Å². The van der Waals surface area contributed by atoms with E-state index in [1.807, 2.05) is 42.5 Å². The molecule has 0 saturated carbocycles. The van der Waals surface area contributed by atoms with Crippen LogP contribution in [0.15, 0.2) is 59.0 Å². The maximum atomic E-state index is 10.6. The fourth-order valence-electron chi connectivity index (χ4n) is 2.43. The number of aliphatic hydroxyl groups excluding tert-OH is 1. The molecule has 108 valence electrons. The number of aliphatic hydroxyl groups is 1. The lowest BCUT2D eigenvalue weighted by Gasteiger charge is -2.20. The van der Waals surface area contributed by atoms with Crippen molar-refractivity contribution >= 4 is 22.6 Å². The maximum absolute atomic E-state index is 10.6. The van der Waals surface area contributed by atoms with Gasteiger partial charge in [0.05, 0.1) is 5.02 Å². The van der Waals surface area contributed by atoms with Gasteiger partial charge in [-0.1, -0.05) is 54.1 Å². The van der Waals surface area contributed by atoms with Crippen LogP contribution in [0.2, 0.25) is 5.02 Å². The average molecular weight is 303 g/mol. The van der Waals surface area contributed by atoms with Crippen molar-refractivity contribution in [3.05, 3.63) is 70.9 Å². The fourth-order valence-corrected chi connectivity index (χ4v) is 2.65. The highest BCUT2D eigenvalue weighted by molar-refractivity contribution is 6.34. The second kappa shape index (κ2) is 5.90. The average Bonchev–Trinajstić information content (AvgIpc) is 2.95. The standard InChI is InChI=1S/C17H15ClO3/c1-20-17(11-6-3-2-4-7-11)15(19)14-10-12-8-5-9-13(18)16(12)21-14/h2-10,15,17,19H,1H3. The number of hydrogen-bond donors (Lipinski definition) is 1. The maximum Gasteiger partial charge on any atom is 0.152 e. The van der Waals surface area contributed by atoms with Crippen LogP contribution < -0.4 is 0 Å². The molecule has 0 spiro atoms. The Hall–Kier alpha value is -1.81. The molecule has 0 aliphatic rings. The Kier molecular flexibility index (Phi) is 3.97. The molecule has 0 amide bonds. The molecule has 1 heterocycles. The van der Waals surface area contributed by atoms with Gasteiger partial charge >= 0.3 is 0 Å². The summed E-state index contributed by atoms with van der Waals surface area (Å²) in [5.41, 5.74) is 1.47. The molecule has 0 fully saturated rings. The minimum absolute atomic E-state index is 0.439. The van der Waals surface area contributed by atoms with Crippen LogP contribution >= 0.6 is 11.6 Å². The summed E-state index contributed by atoms with van der Waals surface area (Å²) in [5, 5.41) is 12.0. The first-order valence-corrected chi connectivity index (χ1v) is 7.02. The second-order valence-electron chi connectivity index (χ2n) is 4.82. The minimum atomic E-state index is -0.902. The van der Waals surface area contributed by atoms with E-state index in [0.717, 1.165) is 10.9 Å². The lowest BCUT2D eigenvalue weighted by atomic mass is 10.0. The number of methoxy groups -OCH3 is 1. The monoisotopic (exact) mass is 302 g/mol. The van der Waals surface area contributed by atoms with Crippen LogP contribution in [-0.4, -0.2) is 12.2 Å². The minimum Gasteiger partial charge on any atom is -0.457 e. The topological polar surface area (TPSA) is 42.6 Å². The lowest BCUT2D eigenvalue weighted by molar-refractivity contribution is -0.0245. The third-order valence-electron chi connectivity index (χ3n) is 3.48. The summed E-state index contributed by atoms with van der Waals surface area (Å²) in [6.07, 6.45) is -1.40. The zero-order valence-corrected chi connectivity index (χ0v) is 12.2. The molecular formula is C17H15ClO3. The first-order valence-electron chi connectivity index (χ1n) is 6.64. The van der Waals surface area contributed by atoms with Crippen molar-refractivity contribution in [2.75, 3.05) is 7.11 Å². The first kappa shape index (κ1) is 14.1. The molecular weight excluding hydrogens is 288 g/mol. The Bertz CT molecular complexity index is 736. The van der Waals surface area contributed by atoms with Gasteiger partial charge in [-0.15, -0.1) is 0 Å². The number of rotatable bonds is 4. The SMILES string of the molecule is COC(c1ccccc1)C(O)c1cc2cccc(Cl)c2o1. The Morgan fingerprint density at radius 3 is 2.52 bits per heavy atom. The van der Waals surface area contributed by atoms with Gasteiger partial charge in [-0.2, -0.15) is 0 Å². The van der Waals surface area contributed by atoms with Crippen molar-refractivity contribution in [3.8, 4) is 0 Å². The molecule has 3 rings (SSSR count). The summed E-state index contributed by atoms with van der Waals surface area (Å²) in [7, 11) is 1.57. The van der Waals surface area contributed by atoms with E-state index in [4.69, 9.17) is 20.8 Å². The molecule has 0 aliphatic heterocycles. The summed E-state index contributed by atoms with van der Waals surface area (Å²) in [5.74, 6) is 0.439. The number of ether oxygens (including phenoxy) is 1. The second-order valence-corrected chi connectivity index (χ2v) is 5.23. The van der Waals surface area contributed by atoms with Crippen LogP contribution in [0.5, 0.6) is 0 Å². The van der Waals surface area contributed by atoms with E-state index in [2.05, 4.69) is 0 Å². The van der Waals surface area contributed by atoms with Crippen molar-refractivity contribution in [2.45, 2.75) is 12.2 Å². The number of halogens is 1. The van der Waals surface area contributed by atoms with E-state index in [-0.39, 0.29) is 0 Å². The van der Waals surface area contributed by atoms with Crippen molar-refractivity contribution in [3.63, 3.8) is 0 Å². The van der Waals surface area contributed by atoms with E-state index in [0.29, 0.717) is 16.4 Å². The number of para-hydroxylation sites is 1. The molecule has 0 bridgehead atoms. The largest absolute Gasteiger partial charge is 0.457 e. The Balaban J connectivity index is 1.99. The molecule has 2 atom stereocenters. The molecule has 21 heavy (non-hydrogen) atoms. The van der Waals surface area contributed by atoms with Gasteiger partial charge in [0.2, 0.25) is 0 Å². The summed E-state index contributed by atoms with van der Waals surface area (Å²) in [4.78, 5) is 0. The van der Waals surface area contributed by atoms with Crippen LogP contribution in [0, 0.1) is 0 Å². The summed E-state index contributed by atoms with van der Waals surface area (Å²) in [6, 6.07) is 16.8. The third kappa shape index (κ3) is 2.68. The Morgan fingerprint density at radius 1 is 1.10 bits per heavy atom. The number of hydrogen-bond acceptors (Lipinski definition) is 3. The van der Waals surface area contributed by atoms with Crippen molar-refractivity contribution < 1.29 is 14.3 Å². The third-order valence-corrected chi connectivity index (χ3v) is 3.77. The predicted molar refractivity (Wildman–Crippen MR) is 82.4 cm³/mol. The van der Waals surface area contributed by atoms with Gasteiger partial charge in [0.15, 0.2) is 5.58 Å². The lowest BCUT2D eigenvalue weighted by Crippen LogP contribution is -2.12. The van der Waals surface area contributed by atoms with Crippen LogP contribution in [0.1, 0.15) is 23.5 Å². The molecule has 3 aromatic rings. The number of furan rings is 1. The van der Waals surface area contributed by atoms with Crippen LogP contribution in [-0.2, 0) is 4.74 Å². The smallest absolute Gasteiger partial charge is 0.152 e. The number of benzene rings is 2. The molecule has 4 heteroatoms. The van der Waals surface area contributed by atoms with E-state index in [9.17, 15) is 5.11 Å². The van der Waals surface area contributed by atoms with Crippen LogP contribution in [0.3, 0.4) is 0 Å². The molecule has 2 unspecified atom stereocenters. The van der Waals surface area contributed by atoms with Gasteiger partial charge in [-0.25, -0.2) is 0 Å². The highest BCUT2D eigenvalue weighted by Crippen LogP contribution is 2.36. The molecule has 0 aliphatic carbocycles. The van der Waals surface area contributed by atoms with Crippen molar-refractivity contribution in [1.29, 1.82) is 0 Å². The Morgan fingerprint density at radius 2 is 1.86 bits per heavy atom. The zero-order chi connectivity index (χ0) is 14.8. The fraction of sp³-hybridized carbons (Fsp3) is 0.176. The first-order chi connectivity index (χ1) is 10.2. The summed E-state index contributed by atoms with van der Waals surface area (Å²) in [6.45, 7) is 0. The molecule has 2 aromatic carbocycles. The van der Waals surface area contributed by atoms with Gasteiger partial charge in [-0.05, 0) is 17.7 Å². The van der Waals surface area contributed by atoms with E-state index < -0.39 is 12.2 Å². The summed E-state index contributed by atoms with van der Waals surface area (Å²) < 4.78 is 11.1. The molecule has 1 N–H and O–H groups in total. The highest BCUT2D eigenvalue weighted by Gasteiger charge is 2.25. The van der Waals surface area contributed by atoms with Crippen LogP contribution in [0.4, 0.5) is 0 Å². The van der Waals surface area contributed by atoms with E-state index in [1.165, 1.54) is 0 Å². The summed E-state index contributed by atoms with van der Waals surface area (Å²) >= 11 is 6.10. The van der Waals surface area contributed by atoms with Gasteiger partial charge in [0, 0.05) is 12.5 Å².